The second kappa shape index (κ2) is 10.6. The van der Waals surface area contributed by atoms with E-state index < -0.39 is 5.97 Å². The summed E-state index contributed by atoms with van der Waals surface area (Å²) in [5, 5.41) is 9.68. The highest BCUT2D eigenvalue weighted by atomic mass is 16.4. The molecule has 0 spiro atoms. The zero-order valence-electron chi connectivity index (χ0n) is 20.3. The van der Waals surface area contributed by atoms with Gasteiger partial charge in [0.2, 0.25) is 0 Å². The molecule has 3 rings (SSSR count). The van der Waals surface area contributed by atoms with Crippen LogP contribution < -0.4 is 0 Å². The number of hydrogen-bond donors (Lipinski definition) is 1. The summed E-state index contributed by atoms with van der Waals surface area (Å²) in [5.74, 6) is -0.774. The molecule has 1 atom stereocenters. The maximum atomic E-state index is 11.8. The van der Waals surface area contributed by atoms with Gasteiger partial charge < -0.3 is 14.9 Å². The number of rotatable bonds is 4. The molecule has 0 amide bonds. The van der Waals surface area contributed by atoms with Gasteiger partial charge in [0.25, 0.3) is 0 Å². The molecule has 1 aliphatic heterocycles. The predicted molar refractivity (Wildman–Crippen MR) is 131 cm³/mol. The molecule has 0 unspecified atom stereocenters. The minimum atomic E-state index is -0.774. The van der Waals surface area contributed by atoms with E-state index >= 15 is 0 Å². The Morgan fingerprint density at radius 3 is 2.22 bits per heavy atom. The molecule has 0 aliphatic carbocycles. The van der Waals surface area contributed by atoms with E-state index in [1.54, 1.807) is 0 Å². The van der Waals surface area contributed by atoms with E-state index in [0.717, 1.165) is 32.6 Å². The number of fused-ring (bicyclic) bond motifs is 2. The minimum absolute atomic E-state index is 0.0444. The highest BCUT2D eigenvalue weighted by Gasteiger charge is 2.24. The molecule has 1 N–H and O–H groups in total. The second-order valence-electron chi connectivity index (χ2n) is 10.4. The molecular weight excluding hydrogens is 398 g/mol. The lowest BCUT2D eigenvalue weighted by Crippen LogP contribution is -2.47. The Bertz CT molecular complexity index is 889. The Balaban J connectivity index is 1.90. The van der Waals surface area contributed by atoms with Gasteiger partial charge in [0, 0.05) is 38.8 Å². The van der Waals surface area contributed by atoms with Crippen LogP contribution in [0.4, 0.5) is 0 Å². The van der Waals surface area contributed by atoms with Crippen molar-refractivity contribution in [3.8, 4) is 0 Å². The number of carboxylic acids is 1. The summed E-state index contributed by atoms with van der Waals surface area (Å²) in [4.78, 5) is 18.6. The van der Waals surface area contributed by atoms with Gasteiger partial charge in [-0.25, -0.2) is 0 Å². The first kappa shape index (κ1) is 24.4. The zero-order chi connectivity index (χ0) is 23.3. The summed E-state index contributed by atoms with van der Waals surface area (Å²) < 4.78 is 0. The number of carboxylic acid groups (broad SMARTS) is 1. The van der Waals surface area contributed by atoms with Gasteiger partial charge in [-0.05, 0) is 48.2 Å². The molecule has 2 bridgehead atoms. The molecule has 5 nitrogen and oxygen atoms in total. The van der Waals surface area contributed by atoms with Crippen LogP contribution in [0.1, 0.15) is 43.0 Å². The average molecular weight is 438 g/mol. The van der Waals surface area contributed by atoms with E-state index in [9.17, 15) is 9.90 Å². The highest BCUT2D eigenvalue weighted by Crippen LogP contribution is 2.23. The van der Waals surface area contributed by atoms with E-state index in [-0.39, 0.29) is 18.0 Å². The van der Waals surface area contributed by atoms with Crippen LogP contribution in [-0.2, 0) is 29.7 Å². The average Bonchev–Trinajstić information content (AvgIpc) is 2.70. The van der Waals surface area contributed by atoms with Crippen LogP contribution in [0.25, 0.3) is 0 Å². The van der Waals surface area contributed by atoms with Gasteiger partial charge >= 0.3 is 5.97 Å². The fourth-order valence-electron chi connectivity index (χ4n) is 4.45. The first-order valence-corrected chi connectivity index (χ1v) is 11.6. The van der Waals surface area contributed by atoms with E-state index in [4.69, 9.17) is 0 Å². The first-order valence-electron chi connectivity index (χ1n) is 11.6. The summed E-state index contributed by atoms with van der Waals surface area (Å²) in [6.07, 6.45) is 0.831. The SMILES string of the molecule is CN1CCN(C)C[C@H](Cc2ccc(C(C)(C)C)cc2)N(CC(=O)O)Cc2cccc(c2)C1. The standard InChI is InChI=1S/C27H39N3O2/c1-27(2,3)24-11-9-21(10-12-24)16-25-19-29(5)14-13-28(4)17-22-7-6-8-23(15-22)18-30(25)20-26(31)32/h6-12,15,25H,13-14,16-20H2,1-5H3,(H,31,32)/t25-/m0/s1. The lowest BCUT2D eigenvalue weighted by atomic mass is 9.86. The first-order chi connectivity index (χ1) is 15.1. The summed E-state index contributed by atoms with van der Waals surface area (Å²) in [6.45, 7) is 11.0. The smallest absolute Gasteiger partial charge is 0.317 e. The third kappa shape index (κ3) is 7.16. The van der Waals surface area contributed by atoms with Crippen molar-refractivity contribution in [1.82, 2.24) is 14.7 Å². The third-order valence-electron chi connectivity index (χ3n) is 6.36. The van der Waals surface area contributed by atoms with Crippen molar-refractivity contribution in [3.63, 3.8) is 0 Å². The Kier molecular flexibility index (Phi) is 8.10. The monoisotopic (exact) mass is 437 g/mol. The van der Waals surface area contributed by atoms with Crippen molar-refractivity contribution in [2.24, 2.45) is 0 Å². The van der Waals surface area contributed by atoms with Crippen molar-refractivity contribution >= 4 is 5.97 Å². The quantitative estimate of drug-likeness (QED) is 0.787. The number of carbonyl (C=O) groups is 1. The molecule has 2 aromatic rings. The summed E-state index contributed by atoms with van der Waals surface area (Å²) in [5.41, 5.74) is 5.15. The van der Waals surface area contributed by atoms with Crippen LogP contribution in [0.5, 0.6) is 0 Å². The van der Waals surface area contributed by atoms with Gasteiger partial charge in [0.05, 0.1) is 6.54 Å². The molecule has 174 valence electrons. The maximum absolute atomic E-state index is 11.8. The normalized spacial score (nSPS) is 19.8. The number of nitrogens with zero attached hydrogens (tertiary/aromatic N) is 3. The number of aliphatic carboxylic acids is 1. The lowest BCUT2D eigenvalue weighted by molar-refractivity contribution is -0.139. The van der Waals surface area contributed by atoms with E-state index in [2.05, 4.69) is 98.1 Å². The number of hydrogen-bond acceptors (Lipinski definition) is 4. The topological polar surface area (TPSA) is 47.0 Å². The second-order valence-corrected chi connectivity index (χ2v) is 10.4. The largest absolute Gasteiger partial charge is 0.480 e. The summed E-state index contributed by atoms with van der Waals surface area (Å²) >= 11 is 0. The molecule has 2 aromatic carbocycles. The van der Waals surface area contributed by atoms with Crippen molar-refractivity contribution in [1.29, 1.82) is 0 Å². The third-order valence-corrected chi connectivity index (χ3v) is 6.36. The van der Waals surface area contributed by atoms with Crippen LogP contribution in [0.2, 0.25) is 0 Å². The van der Waals surface area contributed by atoms with Crippen LogP contribution in [-0.4, -0.2) is 72.1 Å². The highest BCUT2D eigenvalue weighted by molar-refractivity contribution is 5.69. The Morgan fingerprint density at radius 2 is 1.59 bits per heavy atom. The molecule has 0 radical (unpaired) electrons. The number of benzene rings is 2. The van der Waals surface area contributed by atoms with E-state index in [1.807, 2.05) is 0 Å². The number of likely N-dealkylation sites (N-methyl/N-ethyl adjacent to an activating group) is 2. The van der Waals surface area contributed by atoms with Gasteiger partial charge in [-0.1, -0.05) is 69.3 Å². The molecule has 32 heavy (non-hydrogen) atoms. The molecule has 5 heteroatoms. The molecule has 1 aliphatic rings. The molecule has 0 saturated carbocycles. The van der Waals surface area contributed by atoms with Gasteiger partial charge in [-0.2, -0.15) is 0 Å². The molecule has 1 heterocycles. The van der Waals surface area contributed by atoms with Gasteiger partial charge in [-0.15, -0.1) is 0 Å². The zero-order valence-corrected chi connectivity index (χ0v) is 20.3. The fraction of sp³-hybridized carbons (Fsp3) is 0.519. The maximum Gasteiger partial charge on any atom is 0.317 e. The van der Waals surface area contributed by atoms with Crippen LogP contribution in [0.15, 0.2) is 48.5 Å². The van der Waals surface area contributed by atoms with Crippen LogP contribution in [0.3, 0.4) is 0 Å². The van der Waals surface area contributed by atoms with Crippen molar-refractivity contribution in [2.45, 2.75) is 51.7 Å². The minimum Gasteiger partial charge on any atom is -0.480 e. The molecular formula is C27H39N3O2. The van der Waals surface area contributed by atoms with Crippen LogP contribution >= 0.6 is 0 Å². The van der Waals surface area contributed by atoms with Crippen molar-refractivity contribution in [3.05, 3.63) is 70.8 Å². The Labute approximate surface area is 193 Å². The van der Waals surface area contributed by atoms with E-state index in [1.165, 1.54) is 22.3 Å². The fourth-order valence-corrected chi connectivity index (χ4v) is 4.45. The molecule has 0 fully saturated rings. The van der Waals surface area contributed by atoms with Crippen LogP contribution in [0, 0.1) is 0 Å². The van der Waals surface area contributed by atoms with Crippen molar-refractivity contribution < 1.29 is 9.90 Å². The van der Waals surface area contributed by atoms with Crippen molar-refractivity contribution in [2.75, 3.05) is 40.3 Å². The predicted octanol–water partition coefficient (Wildman–Crippen LogP) is 3.86. The molecule has 0 saturated heterocycles. The lowest BCUT2D eigenvalue weighted by Gasteiger charge is -2.35. The summed E-state index contributed by atoms with van der Waals surface area (Å²) in [6, 6.07) is 17.6. The molecule has 0 aromatic heterocycles. The van der Waals surface area contributed by atoms with Gasteiger partial charge in [0.15, 0.2) is 0 Å². The van der Waals surface area contributed by atoms with E-state index in [0.29, 0.717) is 6.54 Å². The Hall–Kier alpha value is -2.21. The summed E-state index contributed by atoms with van der Waals surface area (Å²) in [7, 11) is 4.31. The Morgan fingerprint density at radius 1 is 0.969 bits per heavy atom. The van der Waals surface area contributed by atoms with Gasteiger partial charge in [-0.3, -0.25) is 9.69 Å². The van der Waals surface area contributed by atoms with Gasteiger partial charge in [0.1, 0.15) is 0 Å².